The summed E-state index contributed by atoms with van der Waals surface area (Å²) in [5.41, 5.74) is 0.892. The largest absolute Gasteiger partial charge is 0.508 e. The van der Waals surface area contributed by atoms with Crippen molar-refractivity contribution in [2.75, 3.05) is 6.54 Å². The Morgan fingerprint density at radius 1 is 1.27 bits per heavy atom. The minimum Gasteiger partial charge on any atom is -0.508 e. The highest BCUT2D eigenvalue weighted by Gasteiger charge is 2.08. The summed E-state index contributed by atoms with van der Waals surface area (Å²) in [4.78, 5) is 0. The molecule has 1 rings (SSSR count). The molecule has 84 valence electrons. The van der Waals surface area contributed by atoms with Crippen LogP contribution in [0.5, 0.6) is 5.75 Å². The zero-order valence-corrected chi connectivity index (χ0v) is 9.27. The van der Waals surface area contributed by atoms with E-state index in [1.165, 1.54) is 0 Å². The van der Waals surface area contributed by atoms with E-state index in [1.807, 2.05) is 19.1 Å². The van der Waals surface area contributed by atoms with Crippen LogP contribution in [0.1, 0.15) is 31.9 Å². The molecule has 0 saturated heterocycles. The molecule has 0 aliphatic rings. The summed E-state index contributed by atoms with van der Waals surface area (Å²) in [6.45, 7) is 4.51. The highest BCUT2D eigenvalue weighted by molar-refractivity contribution is 5.33. The normalized spacial score (nSPS) is 14.9. The van der Waals surface area contributed by atoms with E-state index in [0.717, 1.165) is 18.5 Å². The number of rotatable bonds is 5. The molecule has 0 aromatic heterocycles. The summed E-state index contributed by atoms with van der Waals surface area (Å²) in [5, 5.41) is 22.0. The summed E-state index contributed by atoms with van der Waals surface area (Å²) in [6, 6.07) is 7.39. The molecular formula is C12H19NO2. The molecule has 0 aliphatic carbocycles. The van der Waals surface area contributed by atoms with Crippen molar-refractivity contribution < 1.29 is 10.2 Å². The van der Waals surface area contributed by atoms with E-state index < -0.39 is 0 Å². The number of hydrogen-bond donors (Lipinski definition) is 3. The van der Waals surface area contributed by atoms with Crippen LogP contribution in [-0.4, -0.2) is 22.9 Å². The third-order valence-electron chi connectivity index (χ3n) is 2.42. The second-order valence-corrected chi connectivity index (χ2v) is 3.87. The van der Waals surface area contributed by atoms with Crippen molar-refractivity contribution in [1.29, 1.82) is 0 Å². The highest BCUT2D eigenvalue weighted by atomic mass is 16.3. The molecule has 0 saturated carbocycles. The Morgan fingerprint density at radius 2 is 1.93 bits per heavy atom. The molecule has 0 bridgehead atoms. The number of hydrogen-bond acceptors (Lipinski definition) is 3. The van der Waals surface area contributed by atoms with E-state index in [0.29, 0.717) is 5.75 Å². The van der Waals surface area contributed by atoms with Gasteiger partial charge in [0, 0.05) is 11.6 Å². The lowest BCUT2D eigenvalue weighted by molar-refractivity contribution is 0.182. The number of phenolic OH excluding ortho intramolecular Hbond substituents is 1. The first-order valence-corrected chi connectivity index (χ1v) is 5.30. The van der Waals surface area contributed by atoms with Crippen LogP contribution in [0.2, 0.25) is 0 Å². The summed E-state index contributed by atoms with van der Waals surface area (Å²) in [6.07, 6.45) is 0.437. The number of benzene rings is 1. The summed E-state index contributed by atoms with van der Waals surface area (Å²) < 4.78 is 0. The maximum absolute atomic E-state index is 9.60. The minimum absolute atomic E-state index is 0.102. The Labute approximate surface area is 90.8 Å². The smallest absolute Gasteiger partial charge is 0.120 e. The molecule has 0 spiro atoms. The number of aliphatic hydroxyl groups is 1. The molecule has 0 fully saturated rings. The van der Waals surface area contributed by atoms with Gasteiger partial charge in [0.15, 0.2) is 0 Å². The third kappa shape index (κ3) is 3.90. The van der Waals surface area contributed by atoms with E-state index in [-0.39, 0.29) is 12.1 Å². The molecule has 0 unspecified atom stereocenters. The number of nitrogens with one attached hydrogen (secondary N) is 1. The zero-order chi connectivity index (χ0) is 11.3. The molecule has 0 amide bonds. The molecule has 2 atom stereocenters. The first-order valence-electron chi connectivity index (χ1n) is 5.30. The van der Waals surface area contributed by atoms with E-state index in [1.54, 1.807) is 19.1 Å². The number of aromatic hydroxyl groups is 1. The van der Waals surface area contributed by atoms with Crippen LogP contribution >= 0.6 is 0 Å². The fourth-order valence-electron chi connectivity index (χ4n) is 1.47. The van der Waals surface area contributed by atoms with Crippen LogP contribution in [0.4, 0.5) is 0 Å². The molecule has 3 heteroatoms. The Bertz CT molecular complexity index is 299. The van der Waals surface area contributed by atoms with E-state index in [9.17, 15) is 5.11 Å². The maximum atomic E-state index is 9.60. The SMILES string of the molecule is C[C@H](O)CCN[C@@H](C)c1ccccc1O. The Balaban J connectivity index is 2.47. The Kier molecular flexibility index (Phi) is 4.59. The van der Waals surface area contributed by atoms with Gasteiger partial charge in [0.1, 0.15) is 5.75 Å². The molecular weight excluding hydrogens is 190 g/mol. The topological polar surface area (TPSA) is 52.5 Å². The van der Waals surface area contributed by atoms with Crippen molar-refractivity contribution >= 4 is 0 Å². The second kappa shape index (κ2) is 5.73. The van der Waals surface area contributed by atoms with Crippen LogP contribution in [0.15, 0.2) is 24.3 Å². The molecule has 0 heterocycles. The van der Waals surface area contributed by atoms with Crippen molar-refractivity contribution in [2.45, 2.75) is 32.4 Å². The van der Waals surface area contributed by atoms with E-state index in [2.05, 4.69) is 5.32 Å². The fraction of sp³-hybridized carbons (Fsp3) is 0.500. The van der Waals surface area contributed by atoms with Crippen LogP contribution in [0.3, 0.4) is 0 Å². The number of aliphatic hydroxyl groups excluding tert-OH is 1. The summed E-state index contributed by atoms with van der Waals surface area (Å²) >= 11 is 0. The van der Waals surface area contributed by atoms with E-state index in [4.69, 9.17) is 5.11 Å². The van der Waals surface area contributed by atoms with Crippen LogP contribution in [0.25, 0.3) is 0 Å². The summed E-state index contributed by atoms with van der Waals surface area (Å²) in [5.74, 6) is 0.314. The monoisotopic (exact) mass is 209 g/mol. The lowest BCUT2D eigenvalue weighted by Crippen LogP contribution is -2.22. The molecule has 3 nitrogen and oxygen atoms in total. The van der Waals surface area contributed by atoms with Crippen molar-refractivity contribution in [1.82, 2.24) is 5.32 Å². The first-order chi connectivity index (χ1) is 7.11. The average molecular weight is 209 g/mol. The van der Waals surface area contributed by atoms with Crippen molar-refractivity contribution in [3.63, 3.8) is 0 Å². The van der Waals surface area contributed by atoms with Crippen LogP contribution in [0, 0.1) is 0 Å². The minimum atomic E-state index is -0.283. The standard InChI is InChI=1S/C12H19NO2/c1-9(14)7-8-13-10(2)11-5-3-4-6-12(11)15/h3-6,9-10,13-15H,7-8H2,1-2H3/t9-,10-/m0/s1. The second-order valence-electron chi connectivity index (χ2n) is 3.87. The molecule has 0 radical (unpaired) electrons. The molecule has 0 aliphatic heterocycles. The molecule has 1 aromatic carbocycles. The van der Waals surface area contributed by atoms with Gasteiger partial charge < -0.3 is 15.5 Å². The van der Waals surface area contributed by atoms with Crippen LogP contribution in [-0.2, 0) is 0 Å². The molecule has 15 heavy (non-hydrogen) atoms. The molecule has 1 aromatic rings. The van der Waals surface area contributed by atoms with Gasteiger partial charge in [0.25, 0.3) is 0 Å². The van der Waals surface area contributed by atoms with Crippen LogP contribution < -0.4 is 5.32 Å². The van der Waals surface area contributed by atoms with Gasteiger partial charge >= 0.3 is 0 Å². The molecule has 3 N–H and O–H groups in total. The quantitative estimate of drug-likeness (QED) is 0.693. The van der Waals surface area contributed by atoms with Gasteiger partial charge in [-0.15, -0.1) is 0 Å². The predicted octanol–water partition coefficient (Wildman–Crippen LogP) is 1.81. The van der Waals surface area contributed by atoms with Gasteiger partial charge in [-0.2, -0.15) is 0 Å². The average Bonchev–Trinajstić information content (AvgIpc) is 2.17. The highest BCUT2D eigenvalue weighted by Crippen LogP contribution is 2.22. The zero-order valence-electron chi connectivity index (χ0n) is 9.27. The Hall–Kier alpha value is -1.06. The lowest BCUT2D eigenvalue weighted by atomic mass is 10.1. The summed E-state index contributed by atoms with van der Waals surface area (Å²) in [7, 11) is 0. The van der Waals surface area contributed by atoms with Crippen molar-refractivity contribution in [3.05, 3.63) is 29.8 Å². The van der Waals surface area contributed by atoms with E-state index >= 15 is 0 Å². The van der Waals surface area contributed by atoms with Gasteiger partial charge in [0.05, 0.1) is 6.10 Å². The van der Waals surface area contributed by atoms with Gasteiger partial charge in [-0.05, 0) is 32.9 Å². The van der Waals surface area contributed by atoms with Gasteiger partial charge in [-0.1, -0.05) is 18.2 Å². The number of phenols is 1. The third-order valence-corrected chi connectivity index (χ3v) is 2.42. The fourth-order valence-corrected chi connectivity index (χ4v) is 1.47. The predicted molar refractivity (Wildman–Crippen MR) is 60.8 cm³/mol. The van der Waals surface area contributed by atoms with Crippen molar-refractivity contribution in [3.8, 4) is 5.75 Å². The van der Waals surface area contributed by atoms with Gasteiger partial charge in [-0.25, -0.2) is 0 Å². The van der Waals surface area contributed by atoms with Crippen molar-refractivity contribution in [2.24, 2.45) is 0 Å². The van der Waals surface area contributed by atoms with Gasteiger partial charge in [0.2, 0.25) is 0 Å². The Morgan fingerprint density at radius 3 is 2.53 bits per heavy atom. The van der Waals surface area contributed by atoms with Gasteiger partial charge in [-0.3, -0.25) is 0 Å². The lowest BCUT2D eigenvalue weighted by Gasteiger charge is -2.15. The maximum Gasteiger partial charge on any atom is 0.120 e. The first kappa shape index (κ1) is 12.0. The number of para-hydroxylation sites is 1.